The molecule has 0 heterocycles. The molecule has 0 aromatic heterocycles. The molecule has 2 rings (SSSR count). The molecular formula is C25H33Cl2N3O4S. The van der Waals surface area contributed by atoms with Crippen molar-refractivity contribution in [1.29, 1.82) is 0 Å². The van der Waals surface area contributed by atoms with Gasteiger partial charge in [0.2, 0.25) is 21.8 Å². The van der Waals surface area contributed by atoms with Gasteiger partial charge >= 0.3 is 0 Å². The summed E-state index contributed by atoms with van der Waals surface area (Å²) in [5.74, 6) is -0.518. The first-order valence-corrected chi connectivity index (χ1v) is 14.0. The van der Waals surface area contributed by atoms with Gasteiger partial charge in [-0.25, -0.2) is 8.42 Å². The fourth-order valence-electron chi connectivity index (χ4n) is 3.65. The molecule has 7 nitrogen and oxygen atoms in total. The highest BCUT2D eigenvalue weighted by atomic mass is 35.5. The third-order valence-corrected chi connectivity index (χ3v) is 7.08. The topological polar surface area (TPSA) is 86.8 Å². The molecule has 0 fully saturated rings. The van der Waals surface area contributed by atoms with Gasteiger partial charge in [0.05, 0.1) is 11.9 Å². The molecule has 0 bridgehead atoms. The number of benzene rings is 2. The summed E-state index contributed by atoms with van der Waals surface area (Å²) in [5.41, 5.74) is 2.03. The van der Waals surface area contributed by atoms with Crippen molar-refractivity contribution in [2.75, 3.05) is 17.1 Å². The van der Waals surface area contributed by atoms with Crippen molar-refractivity contribution < 1.29 is 18.0 Å². The van der Waals surface area contributed by atoms with Crippen LogP contribution in [0, 0.1) is 6.92 Å². The van der Waals surface area contributed by atoms with E-state index in [2.05, 4.69) is 5.32 Å². The van der Waals surface area contributed by atoms with Gasteiger partial charge in [0.1, 0.15) is 6.04 Å². The number of sulfonamides is 1. The van der Waals surface area contributed by atoms with E-state index in [-0.39, 0.29) is 43.8 Å². The van der Waals surface area contributed by atoms with E-state index in [4.69, 9.17) is 23.2 Å². The lowest BCUT2D eigenvalue weighted by molar-refractivity contribution is -0.140. The Kier molecular flexibility index (Phi) is 10.4. The first-order valence-electron chi connectivity index (χ1n) is 11.4. The number of aryl methyl sites for hydroxylation is 1. The summed E-state index contributed by atoms with van der Waals surface area (Å²) in [5, 5.41) is 3.80. The highest BCUT2D eigenvalue weighted by Gasteiger charge is 2.27. The third-order valence-electron chi connectivity index (χ3n) is 5.43. The Morgan fingerprint density at radius 1 is 1.03 bits per heavy atom. The van der Waals surface area contributed by atoms with Crippen LogP contribution in [-0.4, -0.2) is 50.0 Å². The zero-order valence-electron chi connectivity index (χ0n) is 20.7. The quantitative estimate of drug-likeness (QED) is 0.443. The molecule has 0 saturated heterocycles. The van der Waals surface area contributed by atoms with Gasteiger partial charge < -0.3 is 10.2 Å². The van der Waals surface area contributed by atoms with Crippen molar-refractivity contribution in [3.05, 3.63) is 63.6 Å². The van der Waals surface area contributed by atoms with Crippen LogP contribution in [0.5, 0.6) is 0 Å². The van der Waals surface area contributed by atoms with E-state index in [9.17, 15) is 18.0 Å². The van der Waals surface area contributed by atoms with Crippen LogP contribution in [0.1, 0.15) is 44.7 Å². The second-order valence-corrected chi connectivity index (χ2v) is 11.6. The number of carbonyl (C=O) groups is 2. The van der Waals surface area contributed by atoms with E-state index in [0.717, 1.165) is 17.4 Å². The summed E-state index contributed by atoms with van der Waals surface area (Å²) in [6.45, 7) is 7.49. The summed E-state index contributed by atoms with van der Waals surface area (Å²) in [7, 11) is -3.60. The zero-order valence-corrected chi connectivity index (χ0v) is 23.0. The number of anilines is 1. The molecule has 0 aliphatic heterocycles. The fourth-order valence-corrected chi connectivity index (χ4v) is 5.05. The van der Waals surface area contributed by atoms with Crippen LogP contribution in [0.25, 0.3) is 0 Å². The van der Waals surface area contributed by atoms with Crippen LogP contribution in [0.2, 0.25) is 10.0 Å². The number of hydrogen-bond donors (Lipinski definition) is 1. The number of carbonyl (C=O) groups excluding carboxylic acids is 2. The maximum atomic E-state index is 13.3. The van der Waals surface area contributed by atoms with E-state index in [1.165, 1.54) is 9.21 Å². The minimum atomic E-state index is -3.60. The van der Waals surface area contributed by atoms with Crippen molar-refractivity contribution in [2.45, 2.75) is 59.2 Å². The van der Waals surface area contributed by atoms with E-state index in [0.29, 0.717) is 15.7 Å². The van der Waals surface area contributed by atoms with Crippen LogP contribution >= 0.6 is 23.2 Å². The van der Waals surface area contributed by atoms with Gasteiger partial charge in [-0.15, -0.1) is 0 Å². The molecule has 192 valence electrons. The molecule has 2 aromatic rings. The fraction of sp³-hybridized carbons (Fsp3) is 0.440. The Labute approximate surface area is 218 Å². The maximum Gasteiger partial charge on any atom is 0.242 e. The number of rotatable bonds is 11. The monoisotopic (exact) mass is 541 g/mol. The van der Waals surface area contributed by atoms with Crippen LogP contribution < -0.4 is 9.62 Å². The molecule has 2 aromatic carbocycles. The molecule has 0 aliphatic carbocycles. The van der Waals surface area contributed by atoms with Gasteiger partial charge in [-0.1, -0.05) is 41.4 Å². The number of hydrogen-bond acceptors (Lipinski definition) is 4. The second-order valence-electron chi connectivity index (χ2n) is 8.86. The molecule has 0 aliphatic rings. The molecule has 0 saturated carbocycles. The summed E-state index contributed by atoms with van der Waals surface area (Å²) in [6.07, 6.45) is 1.45. The Morgan fingerprint density at radius 2 is 1.69 bits per heavy atom. The Morgan fingerprint density at radius 3 is 2.29 bits per heavy atom. The van der Waals surface area contributed by atoms with E-state index < -0.39 is 16.1 Å². The predicted molar refractivity (Wildman–Crippen MR) is 142 cm³/mol. The number of amides is 2. The number of halogens is 2. The zero-order chi connectivity index (χ0) is 26.3. The van der Waals surface area contributed by atoms with Gasteiger partial charge in [0, 0.05) is 35.6 Å². The molecule has 35 heavy (non-hydrogen) atoms. The average molecular weight is 543 g/mol. The van der Waals surface area contributed by atoms with Crippen molar-refractivity contribution in [3.63, 3.8) is 0 Å². The van der Waals surface area contributed by atoms with Gasteiger partial charge in [0.25, 0.3) is 0 Å². The lowest BCUT2D eigenvalue weighted by Gasteiger charge is -2.30. The van der Waals surface area contributed by atoms with Crippen LogP contribution in [0.15, 0.2) is 42.5 Å². The lowest BCUT2D eigenvalue weighted by Crippen LogP contribution is -2.49. The van der Waals surface area contributed by atoms with Crippen molar-refractivity contribution in [3.8, 4) is 0 Å². The average Bonchev–Trinajstić information content (AvgIpc) is 2.75. The molecule has 1 N–H and O–H groups in total. The molecule has 0 radical (unpaired) electrons. The molecule has 10 heteroatoms. The lowest BCUT2D eigenvalue weighted by atomic mass is 10.1. The normalized spacial score (nSPS) is 12.3. The van der Waals surface area contributed by atoms with Crippen molar-refractivity contribution in [1.82, 2.24) is 10.2 Å². The Hall–Kier alpha value is -2.29. The van der Waals surface area contributed by atoms with Crippen LogP contribution in [-0.2, 0) is 26.2 Å². The predicted octanol–water partition coefficient (Wildman–Crippen LogP) is 4.79. The maximum absolute atomic E-state index is 13.3. The molecule has 2 amide bonds. The standard InChI is InChI=1S/C25H33Cl2N3O4S/c1-17(2)28-25(32)19(4)29(16-20-8-6-9-21(26)14-20)24(31)10-7-13-30(35(5,33)34)23-15-22(27)12-11-18(23)3/h6,8-9,11-12,14-15,17,19H,7,10,13,16H2,1-5H3,(H,28,32). The Bertz CT molecular complexity index is 1160. The van der Waals surface area contributed by atoms with Crippen molar-refractivity contribution in [2.24, 2.45) is 0 Å². The Balaban J connectivity index is 2.21. The molecule has 1 unspecified atom stereocenters. The number of nitrogens with one attached hydrogen (secondary N) is 1. The largest absolute Gasteiger partial charge is 0.352 e. The van der Waals surface area contributed by atoms with E-state index >= 15 is 0 Å². The van der Waals surface area contributed by atoms with Crippen LogP contribution in [0.4, 0.5) is 5.69 Å². The summed E-state index contributed by atoms with van der Waals surface area (Å²) in [6, 6.07) is 11.4. The third kappa shape index (κ3) is 8.70. The van der Waals surface area contributed by atoms with E-state index in [1.54, 1.807) is 50.2 Å². The minimum absolute atomic E-state index is 0.0610. The summed E-state index contributed by atoms with van der Waals surface area (Å²) < 4.78 is 26.3. The second kappa shape index (κ2) is 12.6. The molecule has 0 spiro atoms. The van der Waals surface area contributed by atoms with Gasteiger partial charge in [-0.3, -0.25) is 13.9 Å². The summed E-state index contributed by atoms with van der Waals surface area (Å²) >= 11 is 12.2. The van der Waals surface area contributed by atoms with Gasteiger partial charge in [-0.05, 0) is 69.5 Å². The number of nitrogens with zero attached hydrogens (tertiary/aromatic N) is 2. The highest BCUT2D eigenvalue weighted by Crippen LogP contribution is 2.27. The van der Waals surface area contributed by atoms with Crippen LogP contribution in [0.3, 0.4) is 0 Å². The summed E-state index contributed by atoms with van der Waals surface area (Å²) in [4.78, 5) is 27.5. The smallest absolute Gasteiger partial charge is 0.242 e. The first-order chi connectivity index (χ1) is 16.3. The van der Waals surface area contributed by atoms with E-state index in [1.807, 2.05) is 19.9 Å². The van der Waals surface area contributed by atoms with Crippen molar-refractivity contribution >= 4 is 50.7 Å². The first kappa shape index (κ1) is 28.9. The van der Waals surface area contributed by atoms with Gasteiger partial charge in [-0.2, -0.15) is 0 Å². The minimum Gasteiger partial charge on any atom is -0.352 e. The molecular weight excluding hydrogens is 509 g/mol. The molecule has 1 atom stereocenters. The van der Waals surface area contributed by atoms with Gasteiger partial charge in [0.15, 0.2) is 0 Å². The highest BCUT2D eigenvalue weighted by molar-refractivity contribution is 7.92. The SMILES string of the molecule is Cc1ccc(Cl)cc1N(CCCC(=O)N(Cc1cccc(Cl)c1)C(C)C(=O)NC(C)C)S(C)(=O)=O.